The van der Waals surface area contributed by atoms with Gasteiger partial charge < -0.3 is 0 Å². The normalized spacial score (nSPS) is 12.0. The van der Waals surface area contributed by atoms with Crippen molar-refractivity contribution < 1.29 is 13.2 Å². The number of amides is 1. The molecule has 0 aliphatic heterocycles. The number of carbonyl (C=O) groups excluding carboxylic acids is 1. The van der Waals surface area contributed by atoms with E-state index in [1.54, 1.807) is 39.0 Å². The van der Waals surface area contributed by atoms with Gasteiger partial charge in [-0.2, -0.15) is 0 Å². The molecule has 0 bridgehead atoms. The highest BCUT2D eigenvalue weighted by molar-refractivity contribution is 7.91. The van der Waals surface area contributed by atoms with Crippen LogP contribution in [0.1, 0.15) is 31.1 Å². The number of benzene rings is 2. The van der Waals surface area contributed by atoms with E-state index < -0.39 is 21.3 Å². The average molecular weight is 367 g/mol. The lowest BCUT2D eigenvalue weighted by Crippen LogP contribution is -2.50. The Balaban J connectivity index is 2.52. The standard InChI is InChI=1S/C17H19ClN2O3S/c1-17(2,3)20(19)16(21)12-9-13(18)11-15(10-12)24(22,23)14-7-5-4-6-8-14/h4-11H,19H2,1-3H3. The van der Waals surface area contributed by atoms with E-state index in [4.69, 9.17) is 17.4 Å². The molecule has 0 aliphatic rings. The Morgan fingerprint density at radius 3 is 2.17 bits per heavy atom. The highest BCUT2D eigenvalue weighted by Crippen LogP contribution is 2.26. The zero-order valence-corrected chi connectivity index (χ0v) is 15.2. The predicted molar refractivity (Wildman–Crippen MR) is 93.5 cm³/mol. The Hall–Kier alpha value is -1.89. The molecule has 0 radical (unpaired) electrons. The van der Waals surface area contributed by atoms with Gasteiger partial charge in [0.05, 0.1) is 15.3 Å². The molecule has 0 aromatic heterocycles. The second kappa shape index (κ2) is 6.55. The highest BCUT2D eigenvalue weighted by atomic mass is 35.5. The fraction of sp³-hybridized carbons (Fsp3) is 0.235. The van der Waals surface area contributed by atoms with E-state index in [9.17, 15) is 13.2 Å². The third kappa shape index (κ3) is 3.77. The first-order valence-corrected chi connectivity index (χ1v) is 9.09. The van der Waals surface area contributed by atoms with Crippen LogP contribution in [0.25, 0.3) is 0 Å². The van der Waals surface area contributed by atoms with E-state index in [1.165, 1.54) is 30.3 Å². The molecule has 2 N–H and O–H groups in total. The van der Waals surface area contributed by atoms with Gasteiger partial charge >= 0.3 is 0 Å². The van der Waals surface area contributed by atoms with Crippen LogP contribution in [-0.2, 0) is 9.84 Å². The smallest absolute Gasteiger partial charge is 0.268 e. The van der Waals surface area contributed by atoms with Crippen LogP contribution in [0.5, 0.6) is 0 Å². The minimum absolute atomic E-state index is 0.0492. The number of nitrogens with two attached hydrogens (primary N) is 1. The molecule has 2 aromatic carbocycles. The van der Waals surface area contributed by atoms with Crippen molar-refractivity contribution in [3.05, 3.63) is 59.1 Å². The highest BCUT2D eigenvalue weighted by Gasteiger charge is 2.26. The van der Waals surface area contributed by atoms with Gasteiger partial charge in [-0.25, -0.2) is 14.3 Å². The lowest BCUT2D eigenvalue weighted by Gasteiger charge is -2.31. The van der Waals surface area contributed by atoms with Crippen molar-refractivity contribution in [3.8, 4) is 0 Å². The SMILES string of the molecule is CC(C)(C)N(N)C(=O)c1cc(Cl)cc(S(=O)(=O)c2ccccc2)c1. The van der Waals surface area contributed by atoms with Crippen LogP contribution in [-0.4, -0.2) is 24.9 Å². The fourth-order valence-corrected chi connectivity index (χ4v) is 3.67. The van der Waals surface area contributed by atoms with Gasteiger partial charge in [-0.15, -0.1) is 0 Å². The number of sulfone groups is 1. The largest absolute Gasteiger partial charge is 0.271 e. The maximum absolute atomic E-state index is 12.7. The summed E-state index contributed by atoms with van der Waals surface area (Å²) in [6.45, 7) is 5.32. The molecule has 0 fully saturated rings. The maximum Gasteiger partial charge on any atom is 0.268 e. The summed E-state index contributed by atoms with van der Waals surface area (Å²) < 4.78 is 25.4. The van der Waals surface area contributed by atoms with E-state index >= 15 is 0 Å². The molecule has 0 unspecified atom stereocenters. The first kappa shape index (κ1) is 18.4. The zero-order valence-electron chi connectivity index (χ0n) is 13.7. The van der Waals surface area contributed by atoms with Crippen LogP contribution < -0.4 is 5.84 Å². The summed E-state index contributed by atoms with van der Waals surface area (Å²) in [7, 11) is -3.77. The molecule has 1 amide bonds. The van der Waals surface area contributed by atoms with Crippen molar-refractivity contribution in [2.45, 2.75) is 36.1 Å². The molecular formula is C17H19ClN2O3S. The monoisotopic (exact) mass is 366 g/mol. The first-order valence-electron chi connectivity index (χ1n) is 7.23. The van der Waals surface area contributed by atoms with Crippen LogP contribution in [0.4, 0.5) is 0 Å². The summed E-state index contributed by atoms with van der Waals surface area (Å²) >= 11 is 6.03. The third-order valence-electron chi connectivity index (χ3n) is 3.42. The Bertz CT molecular complexity index is 859. The lowest BCUT2D eigenvalue weighted by atomic mass is 10.1. The van der Waals surface area contributed by atoms with Crippen molar-refractivity contribution in [2.75, 3.05) is 0 Å². The predicted octanol–water partition coefficient (Wildman–Crippen LogP) is 3.29. The molecule has 128 valence electrons. The first-order chi connectivity index (χ1) is 11.0. The van der Waals surface area contributed by atoms with Gasteiger partial charge in [0.1, 0.15) is 0 Å². The minimum Gasteiger partial charge on any atom is -0.271 e. The second-order valence-electron chi connectivity index (χ2n) is 6.34. The third-order valence-corrected chi connectivity index (χ3v) is 5.39. The van der Waals surface area contributed by atoms with Crippen molar-refractivity contribution in [1.29, 1.82) is 0 Å². The molecular weight excluding hydrogens is 348 g/mol. The fourth-order valence-electron chi connectivity index (χ4n) is 2.02. The van der Waals surface area contributed by atoms with Crippen molar-refractivity contribution in [2.24, 2.45) is 5.84 Å². The molecule has 0 saturated heterocycles. The van der Waals surface area contributed by atoms with Crippen molar-refractivity contribution >= 4 is 27.3 Å². The van der Waals surface area contributed by atoms with E-state index in [-0.39, 0.29) is 20.4 Å². The molecule has 24 heavy (non-hydrogen) atoms. The van der Waals surface area contributed by atoms with Gasteiger partial charge in [0, 0.05) is 10.6 Å². The van der Waals surface area contributed by atoms with Crippen molar-refractivity contribution in [1.82, 2.24) is 5.01 Å². The Kier molecular flexibility index (Phi) is 5.03. The number of hydrazine groups is 1. The number of nitrogens with zero attached hydrogens (tertiary/aromatic N) is 1. The second-order valence-corrected chi connectivity index (χ2v) is 8.72. The molecule has 0 atom stereocenters. The Morgan fingerprint density at radius 1 is 1.04 bits per heavy atom. The van der Waals surface area contributed by atoms with Gasteiger partial charge in [0.2, 0.25) is 9.84 Å². The van der Waals surface area contributed by atoms with Gasteiger partial charge in [0.25, 0.3) is 5.91 Å². The Morgan fingerprint density at radius 2 is 1.62 bits per heavy atom. The van der Waals surface area contributed by atoms with E-state index in [2.05, 4.69) is 0 Å². The number of hydrogen-bond donors (Lipinski definition) is 1. The molecule has 0 aliphatic carbocycles. The van der Waals surface area contributed by atoms with Crippen LogP contribution >= 0.6 is 11.6 Å². The molecule has 2 rings (SSSR count). The summed E-state index contributed by atoms with van der Waals surface area (Å²) in [5, 5.41) is 1.20. The maximum atomic E-state index is 12.7. The molecule has 0 saturated carbocycles. The van der Waals surface area contributed by atoms with E-state index in [1.807, 2.05) is 0 Å². The number of carbonyl (C=O) groups is 1. The number of rotatable bonds is 3. The molecule has 5 nitrogen and oxygen atoms in total. The van der Waals surface area contributed by atoms with Gasteiger partial charge in [-0.05, 0) is 51.1 Å². The summed E-state index contributed by atoms with van der Waals surface area (Å²) in [5.74, 6) is 5.33. The van der Waals surface area contributed by atoms with Crippen LogP contribution in [0.2, 0.25) is 5.02 Å². The van der Waals surface area contributed by atoms with Crippen LogP contribution in [0, 0.1) is 0 Å². The summed E-state index contributed by atoms with van der Waals surface area (Å²) in [4.78, 5) is 12.6. The van der Waals surface area contributed by atoms with Crippen molar-refractivity contribution in [3.63, 3.8) is 0 Å². The summed E-state index contributed by atoms with van der Waals surface area (Å²) in [6, 6.07) is 12.0. The zero-order chi connectivity index (χ0) is 18.1. The van der Waals surface area contributed by atoms with Gasteiger partial charge in [-0.3, -0.25) is 9.80 Å². The Labute approximate surface area is 146 Å². The van der Waals surface area contributed by atoms with Gasteiger partial charge in [0.15, 0.2) is 0 Å². The molecule has 2 aromatic rings. The van der Waals surface area contributed by atoms with Crippen LogP contribution in [0.15, 0.2) is 58.3 Å². The molecule has 0 spiro atoms. The van der Waals surface area contributed by atoms with Gasteiger partial charge in [-0.1, -0.05) is 29.8 Å². The number of halogens is 1. The van der Waals surface area contributed by atoms with E-state index in [0.29, 0.717) is 0 Å². The minimum atomic E-state index is -3.77. The average Bonchev–Trinajstić information content (AvgIpc) is 2.52. The lowest BCUT2D eigenvalue weighted by molar-refractivity contribution is 0.0581. The topological polar surface area (TPSA) is 80.5 Å². The summed E-state index contributed by atoms with van der Waals surface area (Å²) in [5.41, 5.74) is -0.493. The summed E-state index contributed by atoms with van der Waals surface area (Å²) in [6.07, 6.45) is 0. The number of hydrogen-bond acceptors (Lipinski definition) is 4. The quantitative estimate of drug-likeness (QED) is 0.513. The van der Waals surface area contributed by atoms with Crippen LogP contribution in [0.3, 0.4) is 0 Å². The van der Waals surface area contributed by atoms with E-state index in [0.717, 1.165) is 5.01 Å². The molecule has 7 heteroatoms. The molecule has 0 heterocycles.